The fraction of sp³-hybridized carbons (Fsp3) is 0.250. The van der Waals surface area contributed by atoms with Crippen LogP contribution in [0, 0.1) is 0 Å². The molecule has 0 saturated carbocycles. The standard InChI is InChI=1S/C24H22N4O3/c1-16-14-18-7-3-5-9-21(18)28(16)24(31)19-10-11-22(29)27(25-19)15-23(30)26-13-12-17-6-2-4-8-20(17)26/h2-11,16H,12-15H2,1H3/t16-/m1/s1. The second kappa shape index (κ2) is 7.50. The Morgan fingerprint density at radius 3 is 2.48 bits per heavy atom. The summed E-state index contributed by atoms with van der Waals surface area (Å²) in [4.78, 5) is 41.9. The molecule has 0 spiro atoms. The number of para-hydroxylation sites is 2. The van der Waals surface area contributed by atoms with Gasteiger partial charge in [-0.1, -0.05) is 36.4 Å². The highest BCUT2D eigenvalue weighted by atomic mass is 16.2. The fourth-order valence-electron chi connectivity index (χ4n) is 4.49. The predicted octanol–water partition coefficient (Wildman–Crippen LogP) is 2.42. The first-order valence-corrected chi connectivity index (χ1v) is 10.4. The van der Waals surface area contributed by atoms with E-state index < -0.39 is 5.56 Å². The van der Waals surface area contributed by atoms with Gasteiger partial charge in [0.05, 0.1) is 0 Å². The largest absolute Gasteiger partial charge is 0.310 e. The minimum Gasteiger partial charge on any atom is -0.310 e. The maximum Gasteiger partial charge on any atom is 0.278 e. The van der Waals surface area contributed by atoms with Gasteiger partial charge in [-0.05, 0) is 49.1 Å². The van der Waals surface area contributed by atoms with E-state index in [0.29, 0.717) is 6.54 Å². The van der Waals surface area contributed by atoms with Crippen LogP contribution in [0.1, 0.15) is 28.5 Å². The van der Waals surface area contributed by atoms with Crippen LogP contribution < -0.4 is 15.4 Å². The molecule has 2 aliphatic rings. The minimum atomic E-state index is -0.410. The quantitative estimate of drug-likeness (QED) is 0.660. The number of carbonyl (C=O) groups is 2. The zero-order valence-electron chi connectivity index (χ0n) is 17.2. The molecule has 0 radical (unpaired) electrons. The van der Waals surface area contributed by atoms with Crippen LogP contribution in [0.25, 0.3) is 0 Å². The van der Waals surface area contributed by atoms with Gasteiger partial charge in [-0.2, -0.15) is 5.10 Å². The number of amides is 2. The van der Waals surface area contributed by atoms with Gasteiger partial charge in [-0.25, -0.2) is 4.68 Å². The van der Waals surface area contributed by atoms with E-state index in [2.05, 4.69) is 5.10 Å². The third-order valence-corrected chi connectivity index (χ3v) is 5.99. The molecule has 1 aromatic heterocycles. The van der Waals surface area contributed by atoms with Crippen molar-refractivity contribution in [3.05, 3.63) is 87.8 Å². The summed E-state index contributed by atoms with van der Waals surface area (Å²) in [5.41, 5.74) is 3.70. The predicted molar refractivity (Wildman–Crippen MR) is 117 cm³/mol. The van der Waals surface area contributed by atoms with E-state index in [4.69, 9.17) is 0 Å². The van der Waals surface area contributed by atoms with Crippen molar-refractivity contribution in [2.45, 2.75) is 32.4 Å². The molecule has 2 aliphatic heterocycles. The normalized spacial score (nSPS) is 16.9. The Morgan fingerprint density at radius 2 is 1.68 bits per heavy atom. The van der Waals surface area contributed by atoms with Crippen LogP contribution in [0.15, 0.2) is 65.5 Å². The van der Waals surface area contributed by atoms with E-state index in [-0.39, 0.29) is 30.1 Å². The van der Waals surface area contributed by atoms with Gasteiger partial charge >= 0.3 is 0 Å². The molecule has 3 aromatic rings. The number of anilines is 2. The second-order valence-corrected chi connectivity index (χ2v) is 8.00. The van der Waals surface area contributed by atoms with E-state index in [0.717, 1.165) is 40.0 Å². The molecule has 7 nitrogen and oxygen atoms in total. The minimum absolute atomic E-state index is 0.00480. The Hall–Kier alpha value is -3.74. The number of fused-ring (bicyclic) bond motifs is 2. The van der Waals surface area contributed by atoms with Crippen LogP contribution in [0.4, 0.5) is 11.4 Å². The highest BCUT2D eigenvalue weighted by Crippen LogP contribution is 2.32. The molecule has 2 amide bonds. The summed E-state index contributed by atoms with van der Waals surface area (Å²) in [5.74, 6) is -0.491. The average Bonchev–Trinajstić information content (AvgIpc) is 3.35. The second-order valence-electron chi connectivity index (χ2n) is 8.00. The van der Waals surface area contributed by atoms with Crippen LogP contribution in [-0.2, 0) is 24.2 Å². The monoisotopic (exact) mass is 414 g/mol. The van der Waals surface area contributed by atoms with Gasteiger partial charge < -0.3 is 9.80 Å². The molecule has 0 unspecified atom stereocenters. The van der Waals surface area contributed by atoms with Gasteiger partial charge in [-0.3, -0.25) is 14.4 Å². The summed E-state index contributed by atoms with van der Waals surface area (Å²) < 4.78 is 1.09. The molecule has 1 atom stereocenters. The first-order valence-electron chi connectivity index (χ1n) is 10.4. The van der Waals surface area contributed by atoms with Crippen molar-refractivity contribution < 1.29 is 9.59 Å². The van der Waals surface area contributed by atoms with Gasteiger partial charge in [0.15, 0.2) is 0 Å². The van der Waals surface area contributed by atoms with Crippen molar-refractivity contribution in [1.29, 1.82) is 0 Å². The van der Waals surface area contributed by atoms with Crippen molar-refractivity contribution in [2.75, 3.05) is 16.3 Å². The van der Waals surface area contributed by atoms with Gasteiger partial charge in [0, 0.05) is 30.0 Å². The number of hydrogen-bond donors (Lipinski definition) is 0. The molecule has 31 heavy (non-hydrogen) atoms. The summed E-state index contributed by atoms with van der Waals surface area (Å²) in [7, 11) is 0. The van der Waals surface area contributed by atoms with Crippen LogP contribution >= 0.6 is 0 Å². The highest BCUT2D eigenvalue weighted by Gasteiger charge is 2.32. The lowest BCUT2D eigenvalue weighted by atomic mass is 10.1. The van der Waals surface area contributed by atoms with Crippen molar-refractivity contribution in [3.63, 3.8) is 0 Å². The third kappa shape index (κ3) is 3.32. The Morgan fingerprint density at radius 1 is 0.968 bits per heavy atom. The summed E-state index contributed by atoms with van der Waals surface area (Å²) in [5, 5.41) is 4.26. The topological polar surface area (TPSA) is 75.5 Å². The first-order chi connectivity index (χ1) is 15.0. The molecular weight excluding hydrogens is 392 g/mol. The third-order valence-electron chi connectivity index (χ3n) is 5.99. The number of aromatic nitrogens is 2. The lowest BCUT2D eigenvalue weighted by molar-refractivity contribution is -0.119. The number of hydrogen-bond acceptors (Lipinski definition) is 4. The Bertz CT molecular complexity index is 1250. The zero-order chi connectivity index (χ0) is 21.5. The van der Waals surface area contributed by atoms with Gasteiger partial charge in [0.25, 0.3) is 11.5 Å². The van der Waals surface area contributed by atoms with E-state index in [1.165, 1.54) is 12.1 Å². The summed E-state index contributed by atoms with van der Waals surface area (Å²) in [6.07, 6.45) is 1.56. The highest BCUT2D eigenvalue weighted by molar-refractivity contribution is 6.06. The summed E-state index contributed by atoms with van der Waals surface area (Å²) >= 11 is 0. The van der Waals surface area contributed by atoms with Crippen molar-refractivity contribution >= 4 is 23.2 Å². The molecule has 0 saturated heterocycles. The van der Waals surface area contributed by atoms with Crippen LogP contribution in [0.3, 0.4) is 0 Å². The average molecular weight is 414 g/mol. The summed E-state index contributed by atoms with van der Waals surface area (Å²) in [6, 6.07) is 18.3. The first kappa shape index (κ1) is 19.2. The van der Waals surface area contributed by atoms with Gasteiger partial charge in [0.2, 0.25) is 5.91 Å². The Balaban J connectivity index is 1.41. The zero-order valence-corrected chi connectivity index (χ0v) is 17.2. The SMILES string of the molecule is C[C@@H]1Cc2ccccc2N1C(=O)c1ccc(=O)n(CC(=O)N2CCc3ccccc32)n1. The van der Waals surface area contributed by atoms with Crippen LogP contribution in [-0.4, -0.2) is 34.2 Å². The fourth-order valence-corrected chi connectivity index (χ4v) is 4.49. The molecule has 7 heteroatoms. The molecule has 156 valence electrons. The Labute approximate surface area is 179 Å². The summed E-state index contributed by atoms with van der Waals surface area (Å²) in [6.45, 7) is 2.36. The lowest BCUT2D eigenvalue weighted by Crippen LogP contribution is -2.39. The number of rotatable bonds is 3. The van der Waals surface area contributed by atoms with Gasteiger partial charge in [0.1, 0.15) is 12.2 Å². The molecule has 0 fully saturated rings. The van der Waals surface area contributed by atoms with Crippen LogP contribution in [0.2, 0.25) is 0 Å². The molecule has 0 N–H and O–H groups in total. The van der Waals surface area contributed by atoms with E-state index in [1.54, 1.807) is 9.80 Å². The molecule has 3 heterocycles. The van der Waals surface area contributed by atoms with Crippen molar-refractivity contribution in [1.82, 2.24) is 9.78 Å². The number of benzene rings is 2. The van der Waals surface area contributed by atoms with E-state index in [9.17, 15) is 14.4 Å². The Kier molecular flexibility index (Phi) is 4.66. The smallest absolute Gasteiger partial charge is 0.278 e. The van der Waals surface area contributed by atoms with Crippen LogP contribution in [0.5, 0.6) is 0 Å². The maximum absolute atomic E-state index is 13.2. The molecule has 0 bridgehead atoms. The molecular formula is C24H22N4O3. The number of carbonyl (C=O) groups excluding carboxylic acids is 2. The molecule has 2 aromatic carbocycles. The number of nitrogens with zero attached hydrogens (tertiary/aromatic N) is 4. The molecule has 0 aliphatic carbocycles. The maximum atomic E-state index is 13.2. The van der Waals surface area contributed by atoms with Crippen molar-refractivity contribution in [2.24, 2.45) is 0 Å². The van der Waals surface area contributed by atoms with Crippen molar-refractivity contribution in [3.8, 4) is 0 Å². The lowest BCUT2D eigenvalue weighted by Gasteiger charge is -2.22. The molecule has 5 rings (SSSR count). The van der Waals surface area contributed by atoms with E-state index >= 15 is 0 Å². The van der Waals surface area contributed by atoms with E-state index in [1.807, 2.05) is 55.5 Å². The van der Waals surface area contributed by atoms with Gasteiger partial charge in [-0.15, -0.1) is 0 Å².